The van der Waals surface area contributed by atoms with Crippen LogP contribution in [0.3, 0.4) is 0 Å². The van der Waals surface area contributed by atoms with E-state index >= 15 is 0 Å². The Kier molecular flexibility index (Phi) is 6.63. The third kappa shape index (κ3) is 4.17. The second-order valence-corrected chi connectivity index (χ2v) is 9.21. The number of carbonyl (C=O) groups excluding carboxylic acids is 2. The summed E-state index contributed by atoms with van der Waals surface area (Å²) in [5, 5.41) is 0. The molecule has 3 aromatic carbocycles. The molecule has 0 bridgehead atoms. The molecule has 0 atom stereocenters. The van der Waals surface area contributed by atoms with Gasteiger partial charge in [0.05, 0.1) is 6.61 Å². The Bertz CT molecular complexity index is 1140. The molecule has 0 saturated carbocycles. The van der Waals surface area contributed by atoms with Crippen molar-refractivity contribution >= 4 is 43.8 Å². The molecule has 0 unspecified atom stereocenters. The van der Waals surface area contributed by atoms with Crippen LogP contribution in [-0.2, 0) is 24.7 Å². The zero-order valence-electron chi connectivity index (χ0n) is 17.1. The van der Waals surface area contributed by atoms with E-state index < -0.39 is 11.6 Å². The summed E-state index contributed by atoms with van der Waals surface area (Å²) in [6.07, 6.45) is 1.59. The molecule has 0 saturated heterocycles. The highest BCUT2D eigenvalue weighted by Gasteiger charge is 2.48. The second-order valence-electron chi connectivity index (χ2n) is 7.38. The molecule has 0 aliphatic heterocycles. The maximum absolute atomic E-state index is 13.0. The Morgan fingerprint density at radius 3 is 2.06 bits per heavy atom. The normalized spacial score (nSPS) is 13.1. The minimum Gasteiger partial charge on any atom is -0.463 e. The van der Waals surface area contributed by atoms with Gasteiger partial charge in [0.15, 0.2) is 5.60 Å². The SMILES string of the molecule is C=CC(=O)OCCCC(=O)OC1(c2ccccc2)c2ccc(Br)cc2-c2cc(Br)ccc21. The molecule has 1 aliphatic carbocycles. The summed E-state index contributed by atoms with van der Waals surface area (Å²) in [5.74, 6) is -0.873. The van der Waals surface area contributed by atoms with E-state index in [4.69, 9.17) is 9.47 Å². The lowest BCUT2D eigenvalue weighted by molar-refractivity contribution is -0.154. The maximum Gasteiger partial charge on any atom is 0.330 e. The third-order valence-corrected chi connectivity index (χ3v) is 6.38. The van der Waals surface area contributed by atoms with Crippen molar-refractivity contribution in [2.24, 2.45) is 0 Å². The zero-order valence-corrected chi connectivity index (χ0v) is 20.3. The first-order valence-corrected chi connectivity index (χ1v) is 11.7. The number of benzene rings is 3. The van der Waals surface area contributed by atoms with E-state index in [1.165, 1.54) is 0 Å². The molecule has 0 N–H and O–H groups in total. The molecular weight excluding hydrogens is 536 g/mol. The van der Waals surface area contributed by atoms with Crippen LogP contribution in [0.25, 0.3) is 11.1 Å². The summed E-state index contributed by atoms with van der Waals surface area (Å²) in [6.45, 7) is 3.50. The lowest BCUT2D eigenvalue weighted by Gasteiger charge is -2.32. The van der Waals surface area contributed by atoms with Crippen LogP contribution in [-0.4, -0.2) is 18.5 Å². The van der Waals surface area contributed by atoms with Crippen LogP contribution in [0.4, 0.5) is 0 Å². The standard InChI is InChI=1S/C26H20Br2O4/c1-2-24(29)31-14-6-9-25(30)32-26(17-7-4-3-5-8-17)22-12-10-18(27)15-20(22)21-16-19(28)11-13-23(21)26/h2-5,7-8,10-13,15-16H,1,6,9,14H2. The van der Waals surface area contributed by atoms with Gasteiger partial charge in [-0.05, 0) is 41.8 Å². The van der Waals surface area contributed by atoms with E-state index in [0.717, 1.165) is 42.8 Å². The molecule has 0 fully saturated rings. The van der Waals surface area contributed by atoms with Crippen molar-refractivity contribution in [2.45, 2.75) is 18.4 Å². The molecule has 32 heavy (non-hydrogen) atoms. The van der Waals surface area contributed by atoms with Crippen molar-refractivity contribution in [3.05, 3.63) is 105 Å². The van der Waals surface area contributed by atoms with Crippen molar-refractivity contribution in [2.75, 3.05) is 6.61 Å². The van der Waals surface area contributed by atoms with Gasteiger partial charge in [0.2, 0.25) is 0 Å². The minimum absolute atomic E-state index is 0.122. The van der Waals surface area contributed by atoms with E-state index in [9.17, 15) is 9.59 Å². The van der Waals surface area contributed by atoms with Crippen molar-refractivity contribution in [1.29, 1.82) is 0 Å². The number of esters is 2. The van der Waals surface area contributed by atoms with Gasteiger partial charge in [-0.25, -0.2) is 4.79 Å². The summed E-state index contributed by atoms with van der Waals surface area (Å²) in [6, 6.07) is 21.8. The Morgan fingerprint density at radius 2 is 1.50 bits per heavy atom. The highest BCUT2D eigenvalue weighted by Crippen LogP contribution is 2.54. The van der Waals surface area contributed by atoms with Gasteiger partial charge in [0, 0.05) is 38.1 Å². The molecule has 0 spiro atoms. The average Bonchev–Trinajstić information content (AvgIpc) is 3.06. The molecule has 4 nitrogen and oxygen atoms in total. The number of hydrogen-bond donors (Lipinski definition) is 0. The molecule has 0 radical (unpaired) electrons. The largest absolute Gasteiger partial charge is 0.463 e. The lowest BCUT2D eigenvalue weighted by atomic mass is 9.84. The zero-order chi connectivity index (χ0) is 22.7. The van der Waals surface area contributed by atoms with Crippen LogP contribution in [0.1, 0.15) is 29.5 Å². The van der Waals surface area contributed by atoms with Gasteiger partial charge in [-0.3, -0.25) is 4.79 Å². The Hall–Kier alpha value is -2.70. The van der Waals surface area contributed by atoms with E-state index in [1.54, 1.807) is 0 Å². The number of carbonyl (C=O) groups is 2. The quantitative estimate of drug-likeness (QED) is 0.189. The first-order valence-electron chi connectivity index (χ1n) is 10.1. The first kappa shape index (κ1) is 22.5. The van der Waals surface area contributed by atoms with Crippen LogP contribution in [0.15, 0.2) is 88.3 Å². The predicted molar refractivity (Wildman–Crippen MR) is 130 cm³/mol. The number of fused-ring (bicyclic) bond motifs is 3. The van der Waals surface area contributed by atoms with Gasteiger partial charge in [0.1, 0.15) is 0 Å². The molecule has 1 aliphatic rings. The van der Waals surface area contributed by atoms with Gasteiger partial charge in [-0.2, -0.15) is 0 Å². The van der Waals surface area contributed by atoms with Crippen LogP contribution in [0.5, 0.6) is 0 Å². The van der Waals surface area contributed by atoms with E-state index in [0.29, 0.717) is 6.42 Å². The second kappa shape index (κ2) is 9.43. The summed E-state index contributed by atoms with van der Waals surface area (Å²) < 4.78 is 13.2. The fourth-order valence-electron chi connectivity index (χ4n) is 4.06. The van der Waals surface area contributed by atoms with E-state index in [2.05, 4.69) is 38.4 Å². The lowest BCUT2D eigenvalue weighted by Crippen LogP contribution is -2.33. The van der Waals surface area contributed by atoms with Gasteiger partial charge in [-0.15, -0.1) is 0 Å². The molecule has 6 heteroatoms. The molecule has 0 heterocycles. The van der Waals surface area contributed by atoms with E-state index in [1.807, 2.05) is 66.7 Å². The summed E-state index contributed by atoms with van der Waals surface area (Å²) >= 11 is 7.14. The molecule has 0 aromatic heterocycles. The van der Waals surface area contributed by atoms with Crippen LogP contribution >= 0.6 is 31.9 Å². The Labute approximate surface area is 203 Å². The van der Waals surface area contributed by atoms with Crippen molar-refractivity contribution in [3.63, 3.8) is 0 Å². The minimum atomic E-state index is -1.07. The van der Waals surface area contributed by atoms with Gasteiger partial charge < -0.3 is 9.47 Å². The van der Waals surface area contributed by atoms with E-state index in [-0.39, 0.29) is 19.0 Å². The average molecular weight is 556 g/mol. The maximum atomic E-state index is 13.0. The van der Waals surface area contributed by atoms with Crippen LogP contribution in [0.2, 0.25) is 0 Å². The topological polar surface area (TPSA) is 52.6 Å². The summed E-state index contributed by atoms with van der Waals surface area (Å²) in [5.41, 5.74) is 3.63. The summed E-state index contributed by atoms with van der Waals surface area (Å²) in [7, 11) is 0. The summed E-state index contributed by atoms with van der Waals surface area (Å²) in [4.78, 5) is 24.3. The molecule has 0 amide bonds. The monoisotopic (exact) mass is 554 g/mol. The molecule has 4 rings (SSSR count). The van der Waals surface area contributed by atoms with Gasteiger partial charge in [0.25, 0.3) is 0 Å². The number of hydrogen-bond acceptors (Lipinski definition) is 4. The fourth-order valence-corrected chi connectivity index (χ4v) is 4.78. The number of rotatable bonds is 7. The number of halogens is 2. The number of ether oxygens (including phenoxy) is 2. The van der Waals surface area contributed by atoms with Gasteiger partial charge in [-0.1, -0.05) is 80.9 Å². The fraction of sp³-hybridized carbons (Fsp3) is 0.154. The van der Waals surface area contributed by atoms with Gasteiger partial charge >= 0.3 is 11.9 Å². The first-order chi connectivity index (χ1) is 15.5. The highest BCUT2D eigenvalue weighted by atomic mass is 79.9. The smallest absolute Gasteiger partial charge is 0.330 e. The van der Waals surface area contributed by atoms with Crippen LogP contribution < -0.4 is 0 Å². The van der Waals surface area contributed by atoms with Crippen molar-refractivity contribution in [3.8, 4) is 11.1 Å². The predicted octanol–water partition coefficient (Wildman–Crippen LogP) is 6.54. The third-order valence-electron chi connectivity index (χ3n) is 5.40. The Morgan fingerprint density at radius 1 is 0.906 bits per heavy atom. The molecular formula is C26H20Br2O4. The Balaban J connectivity index is 1.76. The molecule has 162 valence electrons. The van der Waals surface area contributed by atoms with Crippen LogP contribution in [0, 0.1) is 0 Å². The molecule has 3 aromatic rings. The van der Waals surface area contributed by atoms with Crippen molar-refractivity contribution < 1.29 is 19.1 Å². The highest BCUT2D eigenvalue weighted by molar-refractivity contribution is 9.10. The van der Waals surface area contributed by atoms with Crippen molar-refractivity contribution in [1.82, 2.24) is 0 Å².